The van der Waals surface area contributed by atoms with Crippen molar-refractivity contribution in [3.05, 3.63) is 376 Å². The SMILES string of the molecule is c1ccc(-c2c3ccccc3nc3c2ccc2ccc(-c4ccc(-c5ccc6ccc7c(-c8ccccc8)c8ccccc8nc7c6n5)cc4)nc23)cc1.c1ccc(-c2c3ccccc3nc3c2ccc2ccc(-c4ccc5cc(-c6ccc7ccc8c(-c9ccccc9)c9ccccc9nc8c7n6)ccc5c4)nc23)cc1. The third-order valence-electron chi connectivity index (χ3n) is 22.2. The molecule has 0 atom stereocenters. The van der Waals surface area contributed by atoms with Crippen molar-refractivity contribution in [3.63, 3.8) is 0 Å². The van der Waals surface area contributed by atoms with Crippen LogP contribution >= 0.6 is 0 Å². The summed E-state index contributed by atoms with van der Waals surface area (Å²) in [4.78, 5) is 41.9. The third kappa shape index (κ3) is 10.9. The van der Waals surface area contributed by atoms with E-state index in [1.807, 2.05) is 0 Å². The molecule has 0 unspecified atom stereocenters. The number of aromatic nitrogens is 8. The maximum Gasteiger partial charge on any atom is 0.0978 e. The Morgan fingerprint density at radius 3 is 0.607 bits per heavy atom. The van der Waals surface area contributed by atoms with Gasteiger partial charge in [-0.25, -0.2) is 39.9 Å². The van der Waals surface area contributed by atoms with Crippen molar-refractivity contribution < 1.29 is 0 Å². The van der Waals surface area contributed by atoms with Crippen LogP contribution in [0.4, 0.5) is 0 Å². The molecule has 0 spiro atoms. The van der Waals surface area contributed by atoms with Crippen LogP contribution in [0.15, 0.2) is 376 Å². The molecule has 0 fully saturated rings. The maximum absolute atomic E-state index is 5.31. The quantitative estimate of drug-likeness (QED) is 0.109. The van der Waals surface area contributed by atoms with Gasteiger partial charge in [-0.3, -0.25) is 0 Å². The molecule has 8 heterocycles. The van der Waals surface area contributed by atoms with Crippen molar-refractivity contribution in [1.82, 2.24) is 39.9 Å². The summed E-state index contributed by atoms with van der Waals surface area (Å²) in [5, 5.41) is 15.5. The lowest BCUT2D eigenvalue weighted by molar-refractivity contribution is 1.38. The van der Waals surface area contributed by atoms with Gasteiger partial charge in [-0.1, -0.05) is 315 Å². The smallest absolute Gasteiger partial charge is 0.0978 e. The Morgan fingerprint density at radius 2 is 0.339 bits per heavy atom. The maximum atomic E-state index is 5.31. The molecule has 0 saturated heterocycles. The second-order valence-electron chi connectivity index (χ2n) is 28.8. The van der Waals surface area contributed by atoms with Gasteiger partial charge in [0.25, 0.3) is 0 Å². The summed E-state index contributed by atoms with van der Waals surface area (Å²) in [6, 6.07) is 132. The van der Waals surface area contributed by atoms with Crippen molar-refractivity contribution in [3.8, 4) is 89.5 Å². The summed E-state index contributed by atoms with van der Waals surface area (Å²) in [6.07, 6.45) is 0. The van der Waals surface area contributed by atoms with Crippen molar-refractivity contribution >= 4 is 142 Å². The molecule has 0 radical (unpaired) electrons. The van der Waals surface area contributed by atoms with Gasteiger partial charge in [0, 0.05) is 109 Å². The standard InChI is InChI=1S/C54H32N4.C50H30N4/c1-3-11-33(12-4-1)49-41-15-7-9-17-47(41)57-53-43(49)27-23-35-25-29-45(55-51(35)53)39-21-19-38-32-40(22-20-37(38)31-39)46-30-26-36-24-28-44-50(34-13-5-2-6-14-34)42-16-8-10-18-48(42)58-54(44)52(36)56-46;1-3-11-33(12-4-1)45-37-15-7-9-17-43(37)53-49-39(45)27-23-35-25-29-41(51-47(35)49)31-19-21-32(22-20-31)42-30-26-36-24-28-40-46(34-13-5-2-6-14-34)38-16-8-10-18-44(38)54-50(40)48(36)52-42/h1-32H;1-30H. The highest BCUT2D eigenvalue weighted by molar-refractivity contribution is 6.21. The zero-order chi connectivity index (χ0) is 73.7. The van der Waals surface area contributed by atoms with Gasteiger partial charge in [0.1, 0.15) is 0 Å². The van der Waals surface area contributed by atoms with Crippen LogP contribution in [0, 0.1) is 0 Å². The zero-order valence-corrected chi connectivity index (χ0v) is 60.4. The number of nitrogens with zero attached hydrogens (tertiary/aromatic N) is 8. The summed E-state index contributed by atoms with van der Waals surface area (Å²) in [5.41, 5.74) is 28.4. The van der Waals surface area contributed by atoms with Gasteiger partial charge >= 0.3 is 0 Å². The number of hydrogen-bond acceptors (Lipinski definition) is 8. The molecule has 0 N–H and O–H groups in total. The van der Waals surface area contributed by atoms with E-state index in [0.717, 1.165) is 187 Å². The average Bonchev–Trinajstić information content (AvgIpc) is 0.754. The summed E-state index contributed by atoms with van der Waals surface area (Å²) in [7, 11) is 0. The van der Waals surface area contributed by atoms with Gasteiger partial charge in [-0.15, -0.1) is 0 Å². The molecular weight excluding hydrogens is 1360 g/mol. The molecule has 23 aromatic rings. The van der Waals surface area contributed by atoms with E-state index in [-0.39, 0.29) is 0 Å². The molecule has 8 heteroatoms. The molecule has 0 amide bonds. The fourth-order valence-corrected chi connectivity index (χ4v) is 16.8. The predicted octanol–water partition coefficient (Wildman–Crippen LogP) is 26.9. The minimum Gasteiger partial charge on any atom is -0.245 e. The second kappa shape index (κ2) is 26.4. The summed E-state index contributed by atoms with van der Waals surface area (Å²) in [6.45, 7) is 0. The normalized spacial score (nSPS) is 11.8. The van der Waals surface area contributed by atoms with Crippen LogP contribution in [0.25, 0.3) is 231 Å². The van der Waals surface area contributed by atoms with E-state index in [1.54, 1.807) is 0 Å². The highest BCUT2D eigenvalue weighted by Gasteiger charge is 2.21. The predicted molar refractivity (Wildman–Crippen MR) is 466 cm³/mol. The molecule has 0 bridgehead atoms. The van der Waals surface area contributed by atoms with Crippen LogP contribution in [0.1, 0.15) is 0 Å². The molecule has 8 nitrogen and oxygen atoms in total. The number of hydrogen-bond donors (Lipinski definition) is 0. The van der Waals surface area contributed by atoms with E-state index in [0.29, 0.717) is 0 Å². The molecule has 23 rings (SSSR count). The van der Waals surface area contributed by atoms with E-state index in [4.69, 9.17) is 39.9 Å². The third-order valence-corrected chi connectivity index (χ3v) is 22.2. The lowest BCUT2D eigenvalue weighted by atomic mass is 9.95. The molecule has 8 aromatic heterocycles. The van der Waals surface area contributed by atoms with Gasteiger partial charge in [0.15, 0.2) is 0 Å². The van der Waals surface area contributed by atoms with E-state index in [1.165, 1.54) is 44.5 Å². The molecule has 518 valence electrons. The lowest BCUT2D eigenvalue weighted by Gasteiger charge is -2.14. The Bertz CT molecular complexity index is 7330. The first-order valence-corrected chi connectivity index (χ1v) is 37.9. The van der Waals surface area contributed by atoms with Crippen LogP contribution in [0.2, 0.25) is 0 Å². The summed E-state index contributed by atoms with van der Waals surface area (Å²) < 4.78 is 0. The average molecular weight is 1420 g/mol. The molecule has 15 aromatic carbocycles. The minimum atomic E-state index is 0.898. The fourth-order valence-electron chi connectivity index (χ4n) is 16.8. The van der Waals surface area contributed by atoms with Crippen LogP contribution in [-0.4, -0.2) is 39.9 Å². The van der Waals surface area contributed by atoms with Gasteiger partial charge in [0.2, 0.25) is 0 Å². The molecule has 0 aliphatic carbocycles. The molecule has 0 saturated carbocycles. The molecule has 0 aliphatic rings. The van der Waals surface area contributed by atoms with E-state index < -0.39 is 0 Å². The highest BCUT2D eigenvalue weighted by atomic mass is 14.8. The Balaban J connectivity index is 0.000000138. The first kappa shape index (κ1) is 64.1. The summed E-state index contributed by atoms with van der Waals surface area (Å²) >= 11 is 0. The topological polar surface area (TPSA) is 103 Å². The highest BCUT2D eigenvalue weighted by Crippen LogP contribution is 2.44. The van der Waals surface area contributed by atoms with Gasteiger partial charge < -0.3 is 0 Å². The van der Waals surface area contributed by atoms with E-state index >= 15 is 0 Å². The van der Waals surface area contributed by atoms with Crippen molar-refractivity contribution in [2.75, 3.05) is 0 Å². The first-order chi connectivity index (χ1) is 55.5. The fraction of sp³-hybridized carbons (Fsp3) is 0. The monoisotopic (exact) mass is 1420 g/mol. The van der Waals surface area contributed by atoms with E-state index in [9.17, 15) is 0 Å². The zero-order valence-electron chi connectivity index (χ0n) is 60.4. The van der Waals surface area contributed by atoms with Crippen LogP contribution in [0.5, 0.6) is 0 Å². The van der Waals surface area contributed by atoms with Crippen molar-refractivity contribution in [1.29, 1.82) is 0 Å². The Morgan fingerprint density at radius 1 is 0.125 bits per heavy atom. The van der Waals surface area contributed by atoms with Crippen molar-refractivity contribution in [2.45, 2.75) is 0 Å². The largest absolute Gasteiger partial charge is 0.245 e. The van der Waals surface area contributed by atoms with E-state index in [2.05, 4.69) is 376 Å². The number of rotatable bonds is 8. The number of pyridine rings is 8. The van der Waals surface area contributed by atoms with Gasteiger partial charge in [-0.2, -0.15) is 0 Å². The second-order valence-corrected chi connectivity index (χ2v) is 28.8. The minimum absolute atomic E-state index is 0.898. The Labute approximate surface area is 643 Å². The molecule has 0 aliphatic heterocycles. The lowest BCUT2D eigenvalue weighted by Crippen LogP contribution is -1.93. The Hall–Kier alpha value is -15.1. The first-order valence-electron chi connectivity index (χ1n) is 37.9. The number of para-hydroxylation sites is 4. The van der Waals surface area contributed by atoms with Crippen molar-refractivity contribution in [2.24, 2.45) is 0 Å². The van der Waals surface area contributed by atoms with Gasteiger partial charge in [-0.05, 0) is 93.7 Å². The summed E-state index contributed by atoms with van der Waals surface area (Å²) in [5.74, 6) is 0. The Kier molecular flexibility index (Phi) is 15.1. The molecular formula is C104H62N8. The van der Waals surface area contributed by atoms with Gasteiger partial charge in [0.05, 0.1) is 89.0 Å². The van der Waals surface area contributed by atoms with Crippen LogP contribution < -0.4 is 0 Å². The number of benzene rings is 15. The van der Waals surface area contributed by atoms with Crippen LogP contribution in [0.3, 0.4) is 0 Å². The molecule has 112 heavy (non-hydrogen) atoms. The number of fused-ring (bicyclic) bond motifs is 17. The van der Waals surface area contributed by atoms with Crippen LogP contribution in [-0.2, 0) is 0 Å².